The summed E-state index contributed by atoms with van der Waals surface area (Å²) in [4.78, 5) is 26.3. The van der Waals surface area contributed by atoms with Crippen molar-refractivity contribution in [3.8, 4) is 5.75 Å². The summed E-state index contributed by atoms with van der Waals surface area (Å²) in [6, 6.07) is 5.43. The third kappa shape index (κ3) is 4.61. The smallest absolute Gasteiger partial charge is 0.410 e. The Balaban J connectivity index is 1.46. The van der Waals surface area contributed by atoms with Crippen LogP contribution >= 0.6 is 11.6 Å². The van der Waals surface area contributed by atoms with Crippen molar-refractivity contribution in [1.82, 2.24) is 10.2 Å². The first-order valence-corrected chi connectivity index (χ1v) is 9.32. The average molecular weight is 381 g/mol. The molecule has 6 nitrogen and oxygen atoms in total. The highest BCUT2D eigenvalue weighted by Gasteiger charge is 2.32. The number of nitrogens with zero attached hydrogens (tertiary/aromatic N) is 1. The molecular weight excluding hydrogens is 356 g/mol. The summed E-state index contributed by atoms with van der Waals surface area (Å²) in [6.45, 7) is 6.70. The van der Waals surface area contributed by atoms with Gasteiger partial charge in [0.2, 0.25) is 0 Å². The number of piperidine rings is 1. The highest BCUT2D eigenvalue weighted by Crippen LogP contribution is 2.31. The molecule has 26 heavy (non-hydrogen) atoms. The topological polar surface area (TPSA) is 67.9 Å². The van der Waals surface area contributed by atoms with E-state index in [1.165, 1.54) is 0 Å². The van der Waals surface area contributed by atoms with Crippen LogP contribution in [0.15, 0.2) is 18.2 Å². The first-order chi connectivity index (χ1) is 12.2. The Labute approximate surface area is 158 Å². The van der Waals surface area contributed by atoms with E-state index in [4.69, 9.17) is 21.1 Å². The number of carbonyl (C=O) groups is 2. The summed E-state index contributed by atoms with van der Waals surface area (Å²) in [5, 5.41) is 3.68. The van der Waals surface area contributed by atoms with Crippen LogP contribution < -0.4 is 10.1 Å². The molecule has 2 amide bonds. The van der Waals surface area contributed by atoms with E-state index < -0.39 is 11.7 Å². The molecule has 1 N–H and O–H groups in total. The molecule has 1 saturated heterocycles. The van der Waals surface area contributed by atoms with Crippen LogP contribution in [0.2, 0.25) is 5.02 Å². The van der Waals surface area contributed by atoms with Gasteiger partial charge in [0, 0.05) is 30.6 Å². The molecule has 0 radical (unpaired) electrons. The standard InChI is InChI=1S/C19H25ClN2O4/c1-19(2,3)26-18(24)22-8-6-14(7-9-22)21-17(23)16-11-12-10-13(20)4-5-15(12)25-16/h4-5,10,14,16H,6-9,11H2,1-3H3,(H,21,23). The maximum atomic E-state index is 12.5. The summed E-state index contributed by atoms with van der Waals surface area (Å²) < 4.78 is 11.1. The molecule has 0 aliphatic carbocycles. The van der Waals surface area contributed by atoms with Crippen molar-refractivity contribution in [3.05, 3.63) is 28.8 Å². The van der Waals surface area contributed by atoms with Crippen LogP contribution in [-0.2, 0) is 16.0 Å². The van der Waals surface area contributed by atoms with Gasteiger partial charge in [-0.15, -0.1) is 0 Å². The molecule has 7 heteroatoms. The van der Waals surface area contributed by atoms with Gasteiger partial charge in [0.1, 0.15) is 11.4 Å². The van der Waals surface area contributed by atoms with Crippen molar-refractivity contribution < 1.29 is 19.1 Å². The average Bonchev–Trinajstić information content (AvgIpc) is 2.97. The number of amides is 2. The van der Waals surface area contributed by atoms with Crippen LogP contribution in [0.4, 0.5) is 4.79 Å². The van der Waals surface area contributed by atoms with Crippen LogP contribution in [0, 0.1) is 0 Å². The molecule has 1 unspecified atom stereocenters. The van der Waals surface area contributed by atoms with Crippen molar-refractivity contribution in [3.63, 3.8) is 0 Å². The molecule has 0 saturated carbocycles. The molecule has 0 bridgehead atoms. The van der Waals surface area contributed by atoms with E-state index >= 15 is 0 Å². The lowest BCUT2D eigenvalue weighted by molar-refractivity contribution is -0.128. The van der Waals surface area contributed by atoms with E-state index in [0.717, 1.165) is 5.56 Å². The number of benzene rings is 1. The zero-order valence-corrected chi connectivity index (χ0v) is 16.1. The summed E-state index contributed by atoms with van der Waals surface area (Å²) in [6.07, 6.45) is 1.12. The van der Waals surface area contributed by atoms with Gasteiger partial charge in [-0.25, -0.2) is 4.79 Å². The summed E-state index contributed by atoms with van der Waals surface area (Å²) >= 11 is 5.99. The molecule has 0 spiro atoms. The molecule has 0 aromatic heterocycles. The minimum absolute atomic E-state index is 0.0390. The van der Waals surface area contributed by atoms with E-state index in [2.05, 4.69) is 5.32 Å². The maximum Gasteiger partial charge on any atom is 0.410 e. The number of rotatable bonds is 2. The van der Waals surface area contributed by atoms with Gasteiger partial charge in [-0.1, -0.05) is 11.6 Å². The molecule has 2 aliphatic heterocycles. The van der Waals surface area contributed by atoms with Gasteiger partial charge in [0.05, 0.1) is 0 Å². The highest BCUT2D eigenvalue weighted by atomic mass is 35.5. The number of hydrogen-bond donors (Lipinski definition) is 1. The second-order valence-electron chi connectivity index (χ2n) is 7.81. The zero-order chi connectivity index (χ0) is 18.9. The second kappa shape index (κ2) is 7.35. The number of carbonyl (C=O) groups excluding carboxylic acids is 2. The van der Waals surface area contributed by atoms with Gasteiger partial charge in [0.15, 0.2) is 6.10 Å². The molecule has 1 aromatic rings. The van der Waals surface area contributed by atoms with E-state index in [1.54, 1.807) is 17.0 Å². The summed E-state index contributed by atoms with van der Waals surface area (Å²) in [5.41, 5.74) is 0.456. The minimum atomic E-state index is -0.521. The SMILES string of the molecule is CC(C)(C)OC(=O)N1CCC(NC(=O)C2Cc3cc(Cl)ccc3O2)CC1. The molecule has 1 atom stereocenters. The summed E-state index contributed by atoms with van der Waals surface area (Å²) in [7, 11) is 0. The first-order valence-electron chi connectivity index (χ1n) is 8.95. The fraction of sp³-hybridized carbons (Fsp3) is 0.579. The summed E-state index contributed by atoms with van der Waals surface area (Å²) in [5.74, 6) is 0.599. The Bertz CT molecular complexity index is 693. The van der Waals surface area contributed by atoms with Crippen molar-refractivity contribution >= 4 is 23.6 Å². The monoisotopic (exact) mass is 380 g/mol. The molecule has 2 aliphatic rings. The van der Waals surface area contributed by atoms with Crippen LogP contribution in [0.1, 0.15) is 39.2 Å². The number of ether oxygens (including phenoxy) is 2. The maximum absolute atomic E-state index is 12.5. The van der Waals surface area contributed by atoms with Gasteiger partial charge < -0.3 is 19.7 Å². The van der Waals surface area contributed by atoms with Crippen LogP contribution in [0.3, 0.4) is 0 Å². The number of fused-ring (bicyclic) bond motifs is 1. The van der Waals surface area contributed by atoms with Gasteiger partial charge in [0.25, 0.3) is 5.91 Å². The van der Waals surface area contributed by atoms with Gasteiger partial charge in [-0.3, -0.25) is 4.79 Å². The Morgan fingerprint density at radius 2 is 1.96 bits per heavy atom. The number of nitrogens with one attached hydrogen (secondary N) is 1. The molecular formula is C19H25ClN2O4. The lowest BCUT2D eigenvalue weighted by Gasteiger charge is -2.34. The third-order valence-electron chi connectivity index (χ3n) is 4.48. The fourth-order valence-corrected chi connectivity index (χ4v) is 3.39. The molecule has 3 rings (SSSR count). The molecule has 142 valence electrons. The Morgan fingerprint density at radius 1 is 1.27 bits per heavy atom. The van der Waals surface area contributed by atoms with Gasteiger partial charge in [-0.05, 0) is 57.4 Å². The highest BCUT2D eigenvalue weighted by molar-refractivity contribution is 6.30. The second-order valence-corrected chi connectivity index (χ2v) is 8.25. The van der Waals surface area contributed by atoms with E-state index in [0.29, 0.717) is 43.1 Å². The van der Waals surface area contributed by atoms with Gasteiger partial charge in [-0.2, -0.15) is 0 Å². The fourth-order valence-electron chi connectivity index (χ4n) is 3.19. The lowest BCUT2D eigenvalue weighted by atomic mass is 10.0. The van der Waals surface area contributed by atoms with Crippen molar-refractivity contribution in [2.45, 2.75) is 57.8 Å². The predicted molar refractivity (Wildman–Crippen MR) is 98.5 cm³/mol. The zero-order valence-electron chi connectivity index (χ0n) is 15.4. The van der Waals surface area contributed by atoms with Gasteiger partial charge >= 0.3 is 6.09 Å². The van der Waals surface area contributed by atoms with E-state index in [1.807, 2.05) is 26.8 Å². The first kappa shape index (κ1) is 18.8. The Morgan fingerprint density at radius 3 is 2.62 bits per heavy atom. The van der Waals surface area contributed by atoms with Crippen LogP contribution in [0.5, 0.6) is 5.75 Å². The largest absolute Gasteiger partial charge is 0.480 e. The van der Waals surface area contributed by atoms with Crippen molar-refractivity contribution in [2.75, 3.05) is 13.1 Å². The third-order valence-corrected chi connectivity index (χ3v) is 4.72. The Hall–Kier alpha value is -1.95. The van der Waals surface area contributed by atoms with E-state index in [9.17, 15) is 9.59 Å². The lowest BCUT2D eigenvalue weighted by Crippen LogP contribution is -2.50. The van der Waals surface area contributed by atoms with E-state index in [-0.39, 0.29) is 18.0 Å². The molecule has 1 aromatic carbocycles. The van der Waals surface area contributed by atoms with Crippen molar-refractivity contribution in [2.24, 2.45) is 0 Å². The molecule has 2 heterocycles. The van der Waals surface area contributed by atoms with Crippen LogP contribution in [0.25, 0.3) is 0 Å². The Kier molecular flexibility index (Phi) is 5.32. The predicted octanol–water partition coefficient (Wildman–Crippen LogP) is 3.16. The number of likely N-dealkylation sites (tertiary alicyclic amines) is 1. The quantitative estimate of drug-likeness (QED) is 0.855. The normalized spacial score (nSPS) is 20.3. The molecule has 1 fully saturated rings. The van der Waals surface area contributed by atoms with Crippen molar-refractivity contribution in [1.29, 1.82) is 0 Å². The minimum Gasteiger partial charge on any atom is -0.480 e. The number of hydrogen-bond acceptors (Lipinski definition) is 4. The number of halogens is 1. The van der Waals surface area contributed by atoms with Crippen LogP contribution in [-0.4, -0.2) is 47.7 Å².